The van der Waals surface area contributed by atoms with Gasteiger partial charge >= 0.3 is 5.97 Å². The summed E-state index contributed by atoms with van der Waals surface area (Å²) in [4.78, 5) is 23.9. The molecule has 21 heavy (non-hydrogen) atoms. The van der Waals surface area contributed by atoms with Crippen molar-refractivity contribution < 1.29 is 14.7 Å². The average molecular weight is 310 g/mol. The Morgan fingerprint density at radius 2 is 2.10 bits per heavy atom. The summed E-state index contributed by atoms with van der Waals surface area (Å²) in [5.41, 5.74) is 0.620. The normalized spacial score (nSPS) is 25.4. The van der Waals surface area contributed by atoms with Gasteiger partial charge < -0.3 is 10.4 Å². The number of rotatable bonds is 3. The number of nitrogens with one attached hydrogen (secondary N) is 1. The van der Waals surface area contributed by atoms with E-state index in [1.807, 2.05) is 13.8 Å². The van der Waals surface area contributed by atoms with Gasteiger partial charge in [-0.3, -0.25) is 9.59 Å². The minimum atomic E-state index is -0.842. The SMILES string of the molecule is Cc1cc(Cl)ccc1C(=O)NC1(C)CCCCC1C(=O)O. The van der Waals surface area contributed by atoms with Gasteiger partial charge in [0.25, 0.3) is 5.91 Å². The van der Waals surface area contributed by atoms with Crippen LogP contribution < -0.4 is 5.32 Å². The quantitative estimate of drug-likeness (QED) is 0.899. The van der Waals surface area contributed by atoms with Gasteiger partial charge in [-0.2, -0.15) is 0 Å². The Kier molecular flexibility index (Phi) is 4.57. The van der Waals surface area contributed by atoms with Crippen molar-refractivity contribution in [1.29, 1.82) is 0 Å². The fourth-order valence-corrected chi connectivity index (χ4v) is 3.31. The highest BCUT2D eigenvalue weighted by Crippen LogP contribution is 2.34. The molecule has 2 unspecified atom stereocenters. The third-order valence-corrected chi connectivity index (χ3v) is 4.57. The van der Waals surface area contributed by atoms with E-state index in [1.54, 1.807) is 18.2 Å². The lowest BCUT2D eigenvalue weighted by Crippen LogP contribution is -2.55. The smallest absolute Gasteiger partial charge is 0.308 e. The molecule has 1 aromatic carbocycles. The first-order valence-corrected chi connectivity index (χ1v) is 7.53. The second-order valence-electron chi connectivity index (χ2n) is 5.97. The van der Waals surface area contributed by atoms with Crippen molar-refractivity contribution in [1.82, 2.24) is 5.32 Å². The molecule has 4 nitrogen and oxygen atoms in total. The number of hydrogen-bond acceptors (Lipinski definition) is 2. The van der Waals surface area contributed by atoms with Crippen LogP contribution in [0.25, 0.3) is 0 Å². The first kappa shape index (κ1) is 15.8. The lowest BCUT2D eigenvalue weighted by Gasteiger charge is -2.40. The van der Waals surface area contributed by atoms with Crippen molar-refractivity contribution in [2.45, 2.75) is 45.1 Å². The number of carboxylic acids is 1. The van der Waals surface area contributed by atoms with Gasteiger partial charge in [-0.05, 0) is 50.5 Å². The van der Waals surface area contributed by atoms with Crippen molar-refractivity contribution in [3.63, 3.8) is 0 Å². The standard InChI is InChI=1S/C16H20ClNO3/c1-10-9-11(17)6-7-12(10)14(19)18-16(2)8-4-3-5-13(16)15(20)21/h6-7,9,13H,3-5,8H2,1-2H3,(H,18,19)(H,20,21). The number of aliphatic carboxylic acids is 1. The number of carboxylic acid groups (broad SMARTS) is 1. The van der Waals surface area contributed by atoms with Gasteiger partial charge in [0.2, 0.25) is 0 Å². The number of aryl methyl sites for hydroxylation is 1. The van der Waals surface area contributed by atoms with Gasteiger partial charge in [-0.15, -0.1) is 0 Å². The molecule has 1 aliphatic rings. The van der Waals surface area contributed by atoms with E-state index in [-0.39, 0.29) is 5.91 Å². The Balaban J connectivity index is 2.22. The van der Waals surface area contributed by atoms with Gasteiger partial charge in [0.05, 0.1) is 11.5 Å². The zero-order valence-electron chi connectivity index (χ0n) is 12.3. The summed E-state index contributed by atoms with van der Waals surface area (Å²) in [7, 11) is 0. The van der Waals surface area contributed by atoms with Gasteiger partial charge in [0.1, 0.15) is 0 Å². The predicted octanol–water partition coefficient (Wildman–Crippen LogP) is 3.41. The zero-order valence-corrected chi connectivity index (χ0v) is 13.0. The Morgan fingerprint density at radius 3 is 2.71 bits per heavy atom. The minimum absolute atomic E-state index is 0.236. The molecular formula is C16H20ClNO3. The molecule has 0 bridgehead atoms. The zero-order chi connectivity index (χ0) is 15.6. The van der Waals surface area contributed by atoms with Crippen LogP contribution in [0.5, 0.6) is 0 Å². The molecule has 0 saturated heterocycles. The maximum Gasteiger partial charge on any atom is 0.308 e. The third-order valence-electron chi connectivity index (χ3n) is 4.34. The summed E-state index contributed by atoms with van der Waals surface area (Å²) in [6.07, 6.45) is 3.11. The first-order chi connectivity index (χ1) is 9.83. The second kappa shape index (κ2) is 6.06. The van der Waals surface area contributed by atoms with E-state index in [9.17, 15) is 14.7 Å². The van der Waals surface area contributed by atoms with E-state index >= 15 is 0 Å². The summed E-state index contributed by atoms with van der Waals surface area (Å²) in [5.74, 6) is -1.62. The summed E-state index contributed by atoms with van der Waals surface area (Å²) >= 11 is 5.90. The minimum Gasteiger partial charge on any atom is -0.481 e. The number of benzene rings is 1. The Morgan fingerprint density at radius 1 is 1.38 bits per heavy atom. The summed E-state index contributed by atoms with van der Waals surface area (Å²) < 4.78 is 0. The van der Waals surface area contributed by atoms with Gasteiger partial charge in [0.15, 0.2) is 0 Å². The molecule has 1 aromatic rings. The monoisotopic (exact) mass is 309 g/mol. The molecule has 0 aromatic heterocycles. The molecule has 1 amide bonds. The van der Waals surface area contributed by atoms with Crippen LogP contribution in [0.15, 0.2) is 18.2 Å². The molecule has 1 fully saturated rings. The maximum atomic E-state index is 12.5. The van der Waals surface area contributed by atoms with E-state index in [0.717, 1.165) is 18.4 Å². The lowest BCUT2D eigenvalue weighted by atomic mass is 9.73. The molecule has 5 heteroatoms. The van der Waals surface area contributed by atoms with Crippen molar-refractivity contribution in [2.24, 2.45) is 5.92 Å². The maximum absolute atomic E-state index is 12.5. The van der Waals surface area contributed by atoms with Crippen LogP contribution in [-0.4, -0.2) is 22.5 Å². The van der Waals surface area contributed by atoms with E-state index in [2.05, 4.69) is 5.32 Å². The highest BCUT2D eigenvalue weighted by atomic mass is 35.5. The van der Waals surface area contributed by atoms with Crippen molar-refractivity contribution in [2.75, 3.05) is 0 Å². The number of hydrogen-bond donors (Lipinski definition) is 2. The molecule has 2 N–H and O–H groups in total. The summed E-state index contributed by atoms with van der Waals surface area (Å²) in [5, 5.41) is 12.9. The van der Waals surface area contributed by atoms with E-state index in [0.29, 0.717) is 23.4 Å². The van der Waals surface area contributed by atoms with Gasteiger partial charge in [0, 0.05) is 10.6 Å². The molecule has 2 atom stereocenters. The Hall–Kier alpha value is -1.55. The Bertz CT molecular complexity index is 573. The molecule has 0 spiro atoms. The van der Waals surface area contributed by atoms with Crippen LogP contribution in [-0.2, 0) is 4.79 Å². The van der Waals surface area contributed by atoms with Crippen LogP contribution in [0.2, 0.25) is 5.02 Å². The molecule has 1 saturated carbocycles. The lowest BCUT2D eigenvalue weighted by molar-refractivity contribution is -0.145. The van der Waals surface area contributed by atoms with E-state index < -0.39 is 17.4 Å². The largest absolute Gasteiger partial charge is 0.481 e. The van der Waals surface area contributed by atoms with Crippen LogP contribution in [0.1, 0.15) is 48.5 Å². The van der Waals surface area contributed by atoms with Crippen molar-refractivity contribution in [3.05, 3.63) is 34.3 Å². The first-order valence-electron chi connectivity index (χ1n) is 7.15. The highest BCUT2D eigenvalue weighted by molar-refractivity contribution is 6.30. The highest BCUT2D eigenvalue weighted by Gasteiger charge is 2.42. The second-order valence-corrected chi connectivity index (χ2v) is 6.40. The molecule has 0 radical (unpaired) electrons. The topological polar surface area (TPSA) is 66.4 Å². The number of carbonyl (C=O) groups excluding carboxylic acids is 1. The van der Waals surface area contributed by atoms with E-state index in [1.165, 1.54) is 0 Å². The molecule has 114 valence electrons. The third kappa shape index (κ3) is 3.38. The molecule has 0 aliphatic heterocycles. The molecule has 0 heterocycles. The van der Waals surface area contributed by atoms with Crippen LogP contribution in [0.4, 0.5) is 0 Å². The van der Waals surface area contributed by atoms with Crippen molar-refractivity contribution in [3.8, 4) is 0 Å². The molecular weight excluding hydrogens is 290 g/mol. The number of carbonyl (C=O) groups is 2. The Labute approximate surface area is 129 Å². The van der Waals surface area contributed by atoms with Crippen LogP contribution in [0.3, 0.4) is 0 Å². The van der Waals surface area contributed by atoms with E-state index in [4.69, 9.17) is 11.6 Å². The van der Waals surface area contributed by atoms with Crippen LogP contribution in [0, 0.1) is 12.8 Å². The molecule has 1 aliphatic carbocycles. The van der Waals surface area contributed by atoms with Crippen LogP contribution >= 0.6 is 11.6 Å². The van der Waals surface area contributed by atoms with Crippen molar-refractivity contribution >= 4 is 23.5 Å². The predicted molar refractivity (Wildman–Crippen MR) is 81.7 cm³/mol. The average Bonchev–Trinajstić information content (AvgIpc) is 2.37. The summed E-state index contributed by atoms with van der Waals surface area (Å²) in [6.45, 7) is 3.65. The van der Waals surface area contributed by atoms with Gasteiger partial charge in [-0.1, -0.05) is 24.4 Å². The fourth-order valence-electron chi connectivity index (χ4n) is 3.09. The summed E-state index contributed by atoms with van der Waals surface area (Å²) in [6, 6.07) is 5.07. The molecule has 2 rings (SSSR count). The number of amides is 1. The number of halogens is 1. The fraction of sp³-hybridized carbons (Fsp3) is 0.500. The van der Waals surface area contributed by atoms with Gasteiger partial charge in [-0.25, -0.2) is 0 Å².